The lowest BCUT2D eigenvalue weighted by atomic mass is 10.0. The van der Waals surface area contributed by atoms with E-state index >= 15 is 0 Å². The number of hydrogen-bond donors (Lipinski definition) is 1. The Morgan fingerprint density at radius 3 is 2.74 bits per heavy atom. The van der Waals surface area contributed by atoms with E-state index in [-0.39, 0.29) is 5.43 Å². The number of pyridine rings is 1. The van der Waals surface area contributed by atoms with Crippen molar-refractivity contribution in [2.75, 3.05) is 6.54 Å². The monoisotopic (exact) mass is 304 g/mol. The van der Waals surface area contributed by atoms with Crippen LogP contribution in [0.2, 0.25) is 0 Å². The molecule has 0 spiro atoms. The molecule has 0 aliphatic carbocycles. The molecule has 3 aromatic rings. The molecule has 116 valence electrons. The number of H-pyrrole nitrogens is 1. The SMILES string of the molecule is Cc1ccccc1CN1CCc2[nH]c3ccccc3c(=O)c2C1. The summed E-state index contributed by atoms with van der Waals surface area (Å²) in [5.41, 5.74) is 5.82. The third-order valence-electron chi connectivity index (χ3n) is 4.81. The van der Waals surface area contributed by atoms with Crippen LogP contribution in [0.25, 0.3) is 10.9 Å². The second-order valence-corrected chi connectivity index (χ2v) is 6.34. The predicted octanol–water partition coefficient (Wildman–Crippen LogP) is 3.39. The molecule has 1 aliphatic heterocycles. The lowest BCUT2D eigenvalue weighted by Crippen LogP contribution is -2.34. The molecular weight excluding hydrogens is 284 g/mol. The van der Waals surface area contributed by atoms with Gasteiger partial charge in [0.05, 0.1) is 0 Å². The second kappa shape index (κ2) is 5.67. The van der Waals surface area contributed by atoms with Gasteiger partial charge >= 0.3 is 0 Å². The number of benzene rings is 2. The first-order valence-corrected chi connectivity index (χ1v) is 8.12. The molecular formula is C20H20N2O. The van der Waals surface area contributed by atoms with Crippen molar-refractivity contribution in [1.82, 2.24) is 9.88 Å². The van der Waals surface area contributed by atoms with Crippen molar-refractivity contribution < 1.29 is 0 Å². The Morgan fingerprint density at radius 1 is 1.09 bits per heavy atom. The molecule has 0 saturated heterocycles. The molecule has 1 aromatic heterocycles. The van der Waals surface area contributed by atoms with Gasteiger partial charge in [0, 0.05) is 48.2 Å². The van der Waals surface area contributed by atoms with Gasteiger partial charge < -0.3 is 4.98 Å². The highest BCUT2D eigenvalue weighted by Gasteiger charge is 2.21. The summed E-state index contributed by atoms with van der Waals surface area (Å²) in [5.74, 6) is 0. The topological polar surface area (TPSA) is 36.1 Å². The Kier molecular flexibility index (Phi) is 3.50. The van der Waals surface area contributed by atoms with Gasteiger partial charge in [0.15, 0.2) is 5.43 Å². The fraction of sp³-hybridized carbons (Fsp3) is 0.250. The average molecular weight is 304 g/mol. The third kappa shape index (κ3) is 2.57. The van der Waals surface area contributed by atoms with Gasteiger partial charge in [-0.2, -0.15) is 0 Å². The molecule has 0 unspecified atom stereocenters. The molecule has 0 amide bonds. The van der Waals surface area contributed by atoms with E-state index in [1.165, 1.54) is 11.1 Å². The number of hydrogen-bond acceptors (Lipinski definition) is 2. The minimum atomic E-state index is 0.184. The van der Waals surface area contributed by atoms with Crippen molar-refractivity contribution in [3.05, 3.63) is 81.1 Å². The van der Waals surface area contributed by atoms with Crippen LogP contribution < -0.4 is 5.43 Å². The van der Waals surface area contributed by atoms with Crippen LogP contribution in [0, 0.1) is 6.92 Å². The molecule has 0 saturated carbocycles. The van der Waals surface area contributed by atoms with Gasteiger partial charge in [0.1, 0.15) is 0 Å². The number of fused-ring (bicyclic) bond motifs is 2. The first-order valence-electron chi connectivity index (χ1n) is 8.12. The molecule has 2 aromatic carbocycles. The number of para-hydroxylation sites is 1. The summed E-state index contributed by atoms with van der Waals surface area (Å²) >= 11 is 0. The highest BCUT2D eigenvalue weighted by Crippen LogP contribution is 2.20. The summed E-state index contributed by atoms with van der Waals surface area (Å²) in [5, 5.41) is 0.795. The molecule has 1 aliphatic rings. The van der Waals surface area contributed by atoms with Crippen LogP contribution in [0.1, 0.15) is 22.4 Å². The van der Waals surface area contributed by atoms with Crippen molar-refractivity contribution in [3.8, 4) is 0 Å². The molecule has 0 radical (unpaired) electrons. The van der Waals surface area contributed by atoms with Crippen LogP contribution in [0.4, 0.5) is 0 Å². The summed E-state index contributed by atoms with van der Waals surface area (Å²) in [6, 6.07) is 16.3. The van der Waals surface area contributed by atoms with Crippen molar-refractivity contribution >= 4 is 10.9 Å². The van der Waals surface area contributed by atoms with E-state index in [0.29, 0.717) is 0 Å². The highest BCUT2D eigenvalue weighted by atomic mass is 16.1. The quantitative estimate of drug-likeness (QED) is 0.788. The Bertz CT molecular complexity index is 926. The Labute approximate surface area is 135 Å². The number of nitrogens with zero attached hydrogens (tertiary/aromatic N) is 1. The van der Waals surface area contributed by atoms with Gasteiger partial charge in [-0.05, 0) is 30.2 Å². The Balaban J connectivity index is 1.68. The summed E-state index contributed by atoms with van der Waals surface area (Å²) in [6.07, 6.45) is 0.904. The zero-order chi connectivity index (χ0) is 15.8. The van der Waals surface area contributed by atoms with Crippen molar-refractivity contribution in [3.63, 3.8) is 0 Å². The molecule has 1 N–H and O–H groups in total. The minimum absolute atomic E-state index is 0.184. The minimum Gasteiger partial charge on any atom is -0.358 e. The smallest absolute Gasteiger partial charge is 0.194 e. The predicted molar refractivity (Wildman–Crippen MR) is 93.6 cm³/mol. The van der Waals surface area contributed by atoms with E-state index in [2.05, 4.69) is 41.1 Å². The number of nitrogens with one attached hydrogen (secondary N) is 1. The van der Waals surface area contributed by atoms with Crippen molar-refractivity contribution in [2.24, 2.45) is 0 Å². The summed E-state index contributed by atoms with van der Waals surface area (Å²) in [6.45, 7) is 4.76. The summed E-state index contributed by atoms with van der Waals surface area (Å²) in [7, 11) is 0. The summed E-state index contributed by atoms with van der Waals surface area (Å²) in [4.78, 5) is 18.6. The van der Waals surface area contributed by atoms with Crippen molar-refractivity contribution in [1.29, 1.82) is 0 Å². The lowest BCUT2D eigenvalue weighted by molar-refractivity contribution is 0.242. The zero-order valence-electron chi connectivity index (χ0n) is 13.3. The number of aromatic amines is 1. The van der Waals surface area contributed by atoms with Crippen LogP contribution in [-0.4, -0.2) is 16.4 Å². The van der Waals surface area contributed by atoms with E-state index in [1.54, 1.807) is 0 Å². The zero-order valence-corrected chi connectivity index (χ0v) is 13.3. The molecule has 0 bridgehead atoms. The largest absolute Gasteiger partial charge is 0.358 e. The van der Waals surface area contributed by atoms with Gasteiger partial charge in [0.25, 0.3) is 0 Å². The molecule has 0 fully saturated rings. The van der Waals surface area contributed by atoms with Crippen LogP contribution in [-0.2, 0) is 19.5 Å². The molecule has 0 atom stereocenters. The second-order valence-electron chi connectivity index (χ2n) is 6.34. The van der Waals surface area contributed by atoms with E-state index in [0.717, 1.165) is 48.2 Å². The Hall–Kier alpha value is -2.39. The highest BCUT2D eigenvalue weighted by molar-refractivity contribution is 5.79. The van der Waals surface area contributed by atoms with Crippen molar-refractivity contribution in [2.45, 2.75) is 26.4 Å². The number of aryl methyl sites for hydroxylation is 1. The van der Waals surface area contributed by atoms with Gasteiger partial charge in [-0.25, -0.2) is 0 Å². The van der Waals surface area contributed by atoms with Gasteiger partial charge in [-0.15, -0.1) is 0 Å². The van der Waals surface area contributed by atoms with Crippen LogP contribution >= 0.6 is 0 Å². The number of rotatable bonds is 2. The maximum Gasteiger partial charge on any atom is 0.194 e. The van der Waals surface area contributed by atoms with E-state index < -0.39 is 0 Å². The van der Waals surface area contributed by atoms with Crippen LogP contribution in [0.3, 0.4) is 0 Å². The maximum atomic E-state index is 12.8. The standard InChI is InChI=1S/C20H20N2O/c1-14-6-2-3-7-15(14)12-22-11-10-19-17(13-22)20(23)16-8-4-5-9-18(16)21-19/h2-9H,10-13H2,1H3,(H,21,23). The van der Waals surface area contributed by atoms with E-state index in [4.69, 9.17) is 0 Å². The normalized spacial score (nSPS) is 14.8. The third-order valence-corrected chi connectivity index (χ3v) is 4.81. The average Bonchev–Trinajstić information content (AvgIpc) is 2.58. The van der Waals surface area contributed by atoms with E-state index in [1.807, 2.05) is 24.3 Å². The molecule has 23 heavy (non-hydrogen) atoms. The fourth-order valence-corrected chi connectivity index (χ4v) is 3.44. The first-order chi connectivity index (χ1) is 11.2. The molecule has 2 heterocycles. The molecule has 4 rings (SSSR count). The maximum absolute atomic E-state index is 12.8. The molecule has 3 nitrogen and oxygen atoms in total. The van der Waals surface area contributed by atoms with Crippen LogP contribution in [0.15, 0.2) is 53.3 Å². The number of aromatic nitrogens is 1. The van der Waals surface area contributed by atoms with Crippen LogP contribution in [0.5, 0.6) is 0 Å². The first kappa shape index (κ1) is 14.2. The Morgan fingerprint density at radius 2 is 1.87 bits per heavy atom. The van der Waals surface area contributed by atoms with Gasteiger partial charge in [-0.1, -0.05) is 36.4 Å². The molecule has 3 heteroatoms. The summed E-state index contributed by atoms with van der Waals surface area (Å²) < 4.78 is 0. The lowest BCUT2D eigenvalue weighted by Gasteiger charge is -2.29. The van der Waals surface area contributed by atoms with Gasteiger partial charge in [-0.3, -0.25) is 9.69 Å². The van der Waals surface area contributed by atoms with E-state index in [9.17, 15) is 4.79 Å². The van der Waals surface area contributed by atoms with Gasteiger partial charge in [0.2, 0.25) is 0 Å². The fourth-order valence-electron chi connectivity index (χ4n) is 3.44.